The van der Waals surface area contributed by atoms with E-state index in [9.17, 15) is 9.18 Å². The fourth-order valence-electron chi connectivity index (χ4n) is 3.62. The highest BCUT2D eigenvalue weighted by molar-refractivity contribution is 5.94. The number of aromatic nitrogens is 2. The van der Waals surface area contributed by atoms with Crippen molar-refractivity contribution in [1.29, 1.82) is 0 Å². The zero-order chi connectivity index (χ0) is 18.6. The van der Waals surface area contributed by atoms with E-state index in [1.807, 2.05) is 29.2 Å². The van der Waals surface area contributed by atoms with Crippen molar-refractivity contribution in [1.82, 2.24) is 14.9 Å². The molecule has 1 atom stereocenters. The van der Waals surface area contributed by atoms with Gasteiger partial charge < -0.3 is 4.90 Å². The van der Waals surface area contributed by atoms with Crippen LogP contribution in [0.15, 0.2) is 67.0 Å². The number of halogens is 1. The van der Waals surface area contributed by atoms with Crippen molar-refractivity contribution in [3.8, 4) is 0 Å². The fraction of sp³-hybridized carbons (Fsp3) is 0.227. The van der Waals surface area contributed by atoms with Crippen LogP contribution in [0.4, 0.5) is 4.39 Å². The van der Waals surface area contributed by atoms with Gasteiger partial charge in [-0.2, -0.15) is 0 Å². The number of hydrogen-bond donors (Lipinski definition) is 0. The third-order valence-corrected chi connectivity index (χ3v) is 4.88. The number of benzene rings is 1. The molecule has 0 N–H and O–H groups in total. The summed E-state index contributed by atoms with van der Waals surface area (Å²) in [6, 6.07) is 15.9. The topological polar surface area (TPSA) is 46.1 Å². The number of rotatable bonds is 4. The fourth-order valence-corrected chi connectivity index (χ4v) is 3.62. The predicted molar refractivity (Wildman–Crippen MR) is 101 cm³/mol. The van der Waals surface area contributed by atoms with Crippen LogP contribution in [0.5, 0.6) is 0 Å². The Balaban J connectivity index is 1.56. The molecule has 1 aliphatic heterocycles. The summed E-state index contributed by atoms with van der Waals surface area (Å²) in [5, 5.41) is 0. The molecule has 136 valence electrons. The highest BCUT2D eigenvalue weighted by Gasteiger charge is 2.31. The van der Waals surface area contributed by atoms with Crippen molar-refractivity contribution in [2.75, 3.05) is 6.54 Å². The number of carbonyl (C=O) groups is 1. The molecule has 4 nitrogen and oxygen atoms in total. The van der Waals surface area contributed by atoms with Crippen LogP contribution in [0.25, 0.3) is 0 Å². The lowest BCUT2D eigenvalue weighted by molar-refractivity contribution is 0.0732. The van der Waals surface area contributed by atoms with Crippen LogP contribution in [0, 0.1) is 5.82 Å². The van der Waals surface area contributed by atoms with Crippen LogP contribution in [-0.2, 0) is 6.42 Å². The van der Waals surface area contributed by atoms with E-state index >= 15 is 0 Å². The second-order valence-electron chi connectivity index (χ2n) is 6.75. The van der Waals surface area contributed by atoms with Crippen LogP contribution in [0.3, 0.4) is 0 Å². The zero-order valence-electron chi connectivity index (χ0n) is 14.9. The summed E-state index contributed by atoms with van der Waals surface area (Å²) in [4.78, 5) is 23.5. The minimum atomic E-state index is -0.242. The average molecular weight is 361 g/mol. The van der Waals surface area contributed by atoms with Gasteiger partial charge in [-0.05, 0) is 54.8 Å². The van der Waals surface area contributed by atoms with E-state index < -0.39 is 0 Å². The Hall–Kier alpha value is -3.08. The standard InChI is InChI=1S/C22H20FN3O/c23-18-5-1-4-16(14-18)15-19-6-2-7-20(25-19)21-8-3-13-26(21)22(27)17-9-11-24-12-10-17/h1-2,4-7,9-12,14,21H,3,8,13,15H2. The number of nitrogens with zero attached hydrogens (tertiary/aromatic N) is 3. The Morgan fingerprint density at radius 3 is 2.74 bits per heavy atom. The molecule has 0 aliphatic carbocycles. The van der Waals surface area contributed by atoms with Crippen molar-refractivity contribution in [3.63, 3.8) is 0 Å². The molecule has 1 aromatic carbocycles. The van der Waals surface area contributed by atoms with Crippen LogP contribution < -0.4 is 0 Å². The SMILES string of the molecule is O=C(c1ccncc1)N1CCCC1c1cccc(Cc2cccc(F)c2)n1. The normalized spacial score (nSPS) is 16.5. The average Bonchev–Trinajstić information content (AvgIpc) is 3.18. The molecule has 1 saturated heterocycles. The first-order valence-corrected chi connectivity index (χ1v) is 9.12. The largest absolute Gasteiger partial charge is 0.330 e. The Morgan fingerprint density at radius 2 is 1.93 bits per heavy atom. The van der Waals surface area contributed by atoms with Crippen molar-refractivity contribution in [2.45, 2.75) is 25.3 Å². The van der Waals surface area contributed by atoms with E-state index in [2.05, 4.69) is 4.98 Å². The summed E-state index contributed by atoms with van der Waals surface area (Å²) < 4.78 is 13.4. The smallest absolute Gasteiger partial charge is 0.254 e. The maximum atomic E-state index is 13.4. The number of likely N-dealkylation sites (tertiary alicyclic amines) is 1. The molecule has 1 amide bonds. The van der Waals surface area contributed by atoms with Crippen LogP contribution in [-0.4, -0.2) is 27.3 Å². The number of carbonyl (C=O) groups excluding carboxylic acids is 1. The lowest BCUT2D eigenvalue weighted by Gasteiger charge is -2.24. The molecule has 4 rings (SSSR count). The molecular formula is C22H20FN3O. The van der Waals surface area contributed by atoms with E-state index in [1.54, 1.807) is 30.6 Å². The molecule has 0 spiro atoms. The summed E-state index contributed by atoms with van der Waals surface area (Å²) in [6.07, 6.45) is 5.69. The molecule has 1 fully saturated rings. The van der Waals surface area contributed by atoms with Gasteiger partial charge in [0.05, 0.1) is 11.7 Å². The summed E-state index contributed by atoms with van der Waals surface area (Å²) in [7, 11) is 0. The van der Waals surface area contributed by atoms with Gasteiger partial charge in [0.2, 0.25) is 0 Å². The van der Waals surface area contributed by atoms with E-state index in [4.69, 9.17) is 4.98 Å². The van der Waals surface area contributed by atoms with Crippen molar-refractivity contribution >= 4 is 5.91 Å². The summed E-state index contributed by atoms with van der Waals surface area (Å²) in [5.41, 5.74) is 3.30. The third-order valence-electron chi connectivity index (χ3n) is 4.88. The van der Waals surface area contributed by atoms with Crippen molar-refractivity contribution in [3.05, 3.63) is 95.3 Å². The van der Waals surface area contributed by atoms with Gasteiger partial charge in [0, 0.05) is 36.6 Å². The molecule has 0 radical (unpaired) electrons. The van der Waals surface area contributed by atoms with Crippen LogP contribution >= 0.6 is 0 Å². The minimum Gasteiger partial charge on any atom is -0.330 e. The number of pyridine rings is 2. The minimum absolute atomic E-state index is 0.0113. The lowest BCUT2D eigenvalue weighted by atomic mass is 10.1. The summed E-state index contributed by atoms with van der Waals surface area (Å²) in [5.74, 6) is -0.231. The van der Waals surface area contributed by atoms with E-state index in [0.717, 1.165) is 36.3 Å². The second kappa shape index (κ2) is 7.66. The van der Waals surface area contributed by atoms with Crippen LogP contribution in [0.2, 0.25) is 0 Å². The number of hydrogen-bond acceptors (Lipinski definition) is 3. The Morgan fingerprint density at radius 1 is 1.11 bits per heavy atom. The predicted octanol–water partition coefficient (Wildman–Crippen LogP) is 4.18. The summed E-state index contributed by atoms with van der Waals surface area (Å²) >= 11 is 0. The van der Waals surface area contributed by atoms with Gasteiger partial charge in [-0.15, -0.1) is 0 Å². The second-order valence-corrected chi connectivity index (χ2v) is 6.75. The molecule has 27 heavy (non-hydrogen) atoms. The van der Waals surface area contributed by atoms with Gasteiger partial charge >= 0.3 is 0 Å². The molecular weight excluding hydrogens is 341 g/mol. The summed E-state index contributed by atoms with van der Waals surface area (Å²) in [6.45, 7) is 0.724. The van der Waals surface area contributed by atoms with Gasteiger partial charge in [-0.25, -0.2) is 4.39 Å². The van der Waals surface area contributed by atoms with Gasteiger partial charge in [0.25, 0.3) is 5.91 Å². The molecule has 3 aromatic rings. The third kappa shape index (κ3) is 3.87. The van der Waals surface area contributed by atoms with E-state index in [1.165, 1.54) is 12.1 Å². The van der Waals surface area contributed by atoms with Crippen molar-refractivity contribution in [2.24, 2.45) is 0 Å². The maximum Gasteiger partial charge on any atom is 0.254 e. The van der Waals surface area contributed by atoms with Gasteiger partial charge in [-0.3, -0.25) is 14.8 Å². The molecule has 3 heterocycles. The Kier molecular flexibility index (Phi) is 4.92. The van der Waals surface area contributed by atoms with E-state index in [0.29, 0.717) is 12.0 Å². The first kappa shape index (κ1) is 17.3. The van der Waals surface area contributed by atoms with Crippen LogP contribution in [0.1, 0.15) is 46.2 Å². The highest BCUT2D eigenvalue weighted by Crippen LogP contribution is 2.32. The number of amides is 1. The Labute approximate surface area is 157 Å². The first-order chi connectivity index (χ1) is 13.2. The monoisotopic (exact) mass is 361 g/mol. The quantitative estimate of drug-likeness (QED) is 0.700. The lowest BCUT2D eigenvalue weighted by Crippen LogP contribution is -2.31. The Bertz CT molecular complexity index is 945. The van der Waals surface area contributed by atoms with Crippen molar-refractivity contribution < 1.29 is 9.18 Å². The van der Waals surface area contributed by atoms with Gasteiger partial charge in [0.1, 0.15) is 5.82 Å². The first-order valence-electron chi connectivity index (χ1n) is 9.12. The zero-order valence-corrected chi connectivity index (χ0v) is 14.9. The van der Waals surface area contributed by atoms with Gasteiger partial charge in [-0.1, -0.05) is 18.2 Å². The molecule has 0 bridgehead atoms. The molecule has 2 aromatic heterocycles. The van der Waals surface area contributed by atoms with Gasteiger partial charge in [0.15, 0.2) is 0 Å². The maximum absolute atomic E-state index is 13.4. The molecule has 5 heteroatoms. The highest BCUT2D eigenvalue weighted by atomic mass is 19.1. The molecule has 1 aliphatic rings. The molecule has 1 unspecified atom stereocenters. The van der Waals surface area contributed by atoms with E-state index in [-0.39, 0.29) is 17.8 Å². The molecule has 0 saturated carbocycles.